The SMILES string of the molecule is O=[N+]([O-])C1=CNc2nc(C(F)(F)F)nn2C1c1ccc(O)cc1O. The highest BCUT2D eigenvalue weighted by molar-refractivity contribution is 5.47. The molecule has 12 heteroatoms. The van der Waals surface area contributed by atoms with Gasteiger partial charge in [0.1, 0.15) is 11.5 Å². The Bertz CT molecular complexity index is 861. The lowest BCUT2D eigenvalue weighted by atomic mass is 10.0. The number of benzene rings is 1. The van der Waals surface area contributed by atoms with Crippen molar-refractivity contribution in [2.75, 3.05) is 5.32 Å². The van der Waals surface area contributed by atoms with Gasteiger partial charge in [-0.25, -0.2) is 4.68 Å². The van der Waals surface area contributed by atoms with Gasteiger partial charge in [0, 0.05) is 11.6 Å². The number of fused-ring (bicyclic) bond motifs is 1. The van der Waals surface area contributed by atoms with E-state index in [1.54, 1.807) is 0 Å². The Hall–Kier alpha value is -3.31. The zero-order valence-electron chi connectivity index (χ0n) is 11.5. The minimum absolute atomic E-state index is 0.114. The van der Waals surface area contributed by atoms with E-state index in [2.05, 4.69) is 15.4 Å². The van der Waals surface area contributed by atoms with E-state index in [0.29, 0.717) is 4.68 Å². The maximum Gasteiger partial charge on any atom is 0.453 e. The summed E-state index contributed by atoms with van der Waals surface area (Å²) in [5, 5.41) is 36.0. The number of hydrogen-bond donors (Lipinski definition) is 3. The van der Waals surface area contributed by atoms with Gasteiger partial charge in [0.2, 0.25) is 5.95 Å². The summed E-state index contributed by atoms with van der Waals surface area (Å²) in [5.74, 6) is -2.70. The number of aromatic hydroxyl groups is 2. The van der Waals surface area contributed by atoms with Crippen molar-refractivity contribution in [3.63, 3.8) is 0 Å². The molecule has 3 N–H and O–H groups in total. The van der Waals surface area contributed by atoms with Crippen LogP contribution in [0.5, 0.6) is 11.5 Å². The number of nitrogens with one attached hydrogen (secondary N) is 1. The molecule has 0 spiro atoms. The van der Waals surface area contributed by atoms with Crippen LogP contribution >= 0.6 is 0 Å². The molecule has 1 aromatic carbocycles. The zero-order chi connectivity index (χ0) is 17.6. The van der Waals surface area contributed by atoms with Crippen LogP contribution in [0.1, 0.15) is 17.4 Å². The molecule has 9 nitrogen and oxygen atoms in total. The van der Waals surface area contributed by atoms with E-state index in [-0.39, 0.29) is 17.3 Å². The molecule has 0 radical (unpaired) electrons. The van der Waals surface area contributed by atoms with E-state index in [1.165, 1.54) is 0 Å². The predicted octanol–water partition coefficient (Wildman–Crippen LogP) is 1.84. The van der Waals surface area contributed by atoms with Gasteiger partial charge in [-0.3, -0.25) is 10.1 Å². The second kappa shape index (κ2) is 5.11. The molecule has 0 bridgehead atoms. The highest BCUT2D eigenvalue weighted by Crippen LogP contribution is 2.39. The molecule has 3 rings (SSSR count). The van der Waals surface area contributed by atoms with Crippen LogP contribution in [0.3, 0.4) is 0 Å². The topological polar surface area (TPSA) is 126 Å². The van der Waals surface area contributed by atoms with Gasteiger partial charge >= 0.3 is 6.18 Å². The van der Waals surface area contributed by atoms with Crippen molar-refractivity contribution in [1.29, 1.82) is 0 Å². The highest BCUT2D eigenvalue weighted by Gasteiger charge is 2.42. The summed E-state index contributed by atoms with van der Waals surface area (Å²) in [5.41, 5.74) is -0.667. The van der Waals surface area contributed by atoms with Crippen molar-refractivity contribution in [1.82, 2.24) is 14.8 Å². The molecule has 0 amide bonds. The third-order valence-corrected chi connectivity index (χ3v) is 3.28. The fourth-order valence-corrected chi connectivity index (χ4v) is 2.27. The molecule has 1 aliphatic rings. The number of halogens is 3. The first-order chi connectivity index (χ1) is 11.2. The molecule has 126 valence electrons. The number of allylic oxidation sites excluding steroid dienone is 1. The number of phenolic OH excluding ortho intramolecular Hbond substituents is 2. The van der Waals surface area contributed by atoms with Crippen LogP contribution in [0.4, 0.5) is 19.1 Å². The van der Waals surface area contributed by atoms with E-state index in [4.69, 9.17) is 0 Å². The maximum atomic E-state index is 12.8. The molecule has 2 aromatic rings. The number of hydrogen-bond acceptors (Lipinski definition) is 7. The fraction of sp³-hybridized carbons (Fsp3) is 0.167. The van der Waals surface area contributed by atoms with Crippen LogP contribution < -0.4 is 5.32 Å². The van der Waals surface area contributed by atoms with E-state index in [0.717, 1.165) is 24.4 Å². The summed E-state index contributed by atoms with van der Waals surface area (Å²) >= 11 is 0. The number of alkyl halides is 3. The Kier molecular flexibility index (Phi) is 3.32. The Morgan fingerprint density at radius 1 is 1.33 bits per heavy atom. The van der Waals surface area contributed by atoms with Gasteiger partial charge in [-0.1, -0.05) is 0 Å². The molecular weight excluding hydrogens is 335 g/mol. The second-order valence-electron chi connectivity index (χ2n) is 4.82. The maximum absolute atomic E-state index is 12.8. The first kappa shape index (κ1) is 15.6. The molecule has 24 heavy (non-hydrogen) atoms. The monoisotopic (exact) mass is 343 g/mol. The number of nitro groups is 1. The molecule has 1 aromatic heterocycles. The summed E-state index contributed by atoms with van der Waals surface area (Å²) in [6.07, 6.45) is -3.97. The summed E-state index contributed by atoms with van der Waals surface area (Å²) in [6.45, 7) is 0. The molecule has 0 aliphatic carbocycles. The van der Waals surface area contributed by atoms with Crippen LogP contribution in [0.15, 0.2) is 30.1 Å². The third kappa shape index (κ3) is 2.47. The van der Waals surface area contributed by atoms with Crippen molar-refractivity contribution >= 4 is 5.95 Å². The minimum Gasteiger partial charge on any atom is -0.508 e. The number of anilines is 1. The predicted molar refractivity (Wildman–Crippen MR) is 71.6 cm³/mol. The molecule has 1 unspecified atom stereocenters. The van der Waals surface area contributed by atoms with E-state index in [9.17, 15) is 33.5 Å². The fourth-order valence-electron chi connectivity index (χ4n) is 2.27. The van der Waals surface area contributed by atoms with Crippen LogP contribution in [0.2, 0.25) is 0 Å². The summed E-state index contributed by atoms with van der Waals surface area (Å²) in [4.78, 5) is 13.7. The van der Waals surface area contributed by atoms with Crippen LogP contribution in [0, 0.1) is 10.1 Å². The van der Waals surface area contributed by atoms with Crippen molar-refractivity contribution in [2.24, 2.45) is 0 Å². The molecular formula is C12H8F3N5O4. The van der Waals surface area contributed by atoms with Gasteiger partial charge < -0.3 is 15.5 Å². The molecule has 2 heterocycles. The Morgan fingerprint density at radius 3 is 2.62 bits per heavy atom. The van der Waals surface area contributed by atoms with Crippen molar-refractivity contribution in [3.05, 3.63) is 51.6 Å². The minimum atomic E-state index is -4.84. The summed E-state index contributed by atoms with van der Waals surface area (Å²) < 4.78 is 39.0. The molecule has 1 atom stereocenters. The first-order valence-corrected chi connectivity index (χ1v) is 6.35. The first-order valence-electron chi connectivity index (χ1n) is 6.35. The lowest BCUT2D eigenvalue weighted by Gasteiger charge is -2.21. The van der Waals surface area contributed by atoms with Crippen molar-refractivity contribution < 1.29 is 28.3 Å². The third-order valence-electron chi connectivity index (χ3n) is 3.28. The van der Waals surface area contributed by atoms with Gasteiger partial charge in [-0.05, 0) is 12.1 Å². The molecule has 0 saturated carbocycles. The van der Waals surface area contributed by atoms with Crippen LogP contribution in [-0.4, -0.2) is 29.9 Å². The van der Waals surface area contributed by atoms with Gasteiger partial charge in [0.25, 0.3) is 11.5 Å². The quantitative estimate of drug-likeness (QED) is 0.561. The van der Waals surface area contributed by atoms with E-state index in [1.807, 2.05) is 0 Å². The van der Waals surface area contributed by atoms with Gasteiger partial charge in [-0.15, -0.1) is 5.10 Å². The van der Waals surface area contributed by atoms with Crippen LogP contribution in [-0.2, 0) is 6.18 Å². The van der Waals surface area contributed by atoms with Crippen molar-refractivity contribution in [3.8, 4) is 11.5 Å². The average Bonchev–Trinajstić information content (AvgIpc) is 2.90. The Labute approximate surface area is 130 Å². The Morgan fingerprint density at radius 2 is 2.04 bits per heavy atom. The van der Waals surface area contributed by atoms with E-state index >= 15 is 0 Å². The summed E-state index contributed by atoms with van der Waals surface area (Å²) in [7, 11) is 0. The van der Waals surface area contributed by atoms with Gasteiger partial charge in [-0.2, -0.15) is 18.2 Å². The standard InChI is InChI=1S/C12H8F3N5O4/c13-12(14,15)10-17-11-16-4-7(20(23)24)9(19(11)18-10)6-2-1-5(21)3-8(6)22/h1-4,9,21-22H,(H,16,17,18). The summed E-state index contributed by atoms with van der Waals surface area (Å²) in [6, 6.07) is 1.74. The average molecular weight is 343 g/mol. The highest BCUT2D eigenvalue weighted by atomic mass is 19.4. The number of rotatable bonds is 2. The molecule has 1 aliphatic heterocycles. The van der Waals surface area contributed by atoms with Crippen molar-refractivity contribution in [2.45, 2.75) is 12.2 Å². The zero-order valence-corrected chi connectivity index (χ0v) is 11.5. The largest absolute Gasteiger partial charge is 0.508 e. The lowest BCUT2D eigenvalue weighted by molar-refractivity contribution is -0.431. The number of phenols is 2. The second-order valence-corrected chi connectivity index (χ2v) is 4.82. The lowest BCUT2D eigenvalue weighted by Crippen LogP contribution is -2.25. The smallest absolute Gasteiger partial charge is 0.453 e. The van der Waals surface area contributed by atoms with Gasteiger partial charge in [0.15, 0.2) is 6.04 Å². The normalized spacial score (nSPS) is 17.0. The molecule has 0 fully saturated rings. The van der Waals surface area contributed by atoms with E-state index < -0.39 is 34.4 Å². The Balaban J connectivity index is 2.19. The molecule has 0 saturated heterocycles. The number of nitrogens with zero attached hydrogens (tertiary/aromatic N) is 4. The van der Waals surface area contributed by atoms with Crippen LogP contribution in [0.25, 0.3) is 0 Å². The van der Waals surface area contributed by atoms with Gasteiger partial charge in [0.05, 0.1) is 11.1 Å². The number of aromatic nitrogens is 3.